The highest BCUT2D eigenvalue weighted by atomic mass is 16.5. The van der Waals surface area contributed by atoms with E-state index < -0.39 is 0 Å². The van der Waals surface area contributed by atoms with Gasteiger partial charge in [-0.15, -0.1) is 0 Å². The van der Waals surface area contributed by atoms with Crippen LogP contribution in [0, 0.1) is 5.92 Å². The van der Waals surface area contributed by atoms with Gasteiger partial charge in [0.1, 0.15) is 0 Å². The Balaban J connectivity index is 2.08. The monoisotopic (exact) mass is 274 g/mol. The van der Waals surface area contributed by atoms with E-state index in [1.54, 1.807) is 0 Å². The molecule has 20 heavy (non-hydrogen) atoms. The zero-order valence-electron chi connectivity index (χ0n) is 12.9. The second-order valence-electron chi connectivity index (χ2n) is 5.69. The fraction of sp³-hybridized carbons (Fsp3) is 0.529. The van der Waals surface area contributed by atoms with Crippen molar-refractivity contribution in [3.63, 3.8) is 0 Å². The van der Waals surface area contributed by atoms with Gasteiger partial charge >= 0.3 is 0 Å². The molecule has 3 heteroatoms. The average molecular weight is 274 g/mol. The maximum Gasteiger partial charge on any atom is 0.0645 e. The van der Waals surface area contributed by atoms with Gasteiger partial charge < -0.3 is 14.6 Å². The van der Waals surface area contributed by atoms with E-state index in [9.17, 15) is 0 Å². The number of aromatic nitrogens is 1. The van der Waals surface area contributed by atoms with Crippen molar-refractivity contribution in [3.8, 4) is 0 Å². The Hall–Kier alpha value is -1.32. The zero-order valence-corrected chi connectivity index (χ0v) is 12.9. The fourth-order valence-electron chi connectivity index (χ4n) is 2.45. The molecule has 0 amide bonds. The highest BCUT2D eigenvalue weighted by molar-refractivity contribution is 5.84. The molecule has 0 atom stereocenters. The van der Waals surface area contributed by atoms with Crippen LogP contribution in [0.5, 0.6) is 0 Å². The van der Waals surface area contributed by atoms with Crippen molar-refractivity contribution >= 4 is 10.9 Å². The normalized spacial score (nSPS) is 11.6. The van der Waals surface area contributed by atoms with Gasteiger partial charge in [0.05, 0.1) is 6.61 Å². The molecule has 0 aliphatic carbocycles. The molecule has 0 spiro atoms. The Morgan fingerprint density at radius 3 is 2.80 bits per heavy atom. The van der Waals surface area contributed by atoms with Crippen LogP contribution < -0.4 is 5.32 Å². The van der Waals surface area contributed by atoms with Crippen molar-refractivity contribution in [3.05, 3.63) is 36.0 Å². The molecule has 1 aromatic heterocycles. The lowest BCUT2D eigenvalue weighted by molar-refractivity contribution is 0.104. The Bertz CT molecular complexity index is 531. The molecule has 110 valence electrons. The van der Waals surface area contributed by atoms with Gasteiger partial charge in [0.25, 0.3) is 0 Å². The lowest BCUT2D eigenvalue weighted by Crippen LogP contribution is -2.10. The summed E-state index contributed by atoms with van der Waals surface area (Å²) in [7, 11) is 2.00. The van der Waals surface area contributed by atoms with Gasteiger partial charge in [-0.1, -0.05) is 32.0 Å². The minimum absolute atomic E-state index is 0.600. The zero-order chi connectivity index (χ0) is 14.4. The van der Waals surface area contributed by atoms with Crippen LogP contribution in [0.3, 0.4) is 0 Å². The quantitative estimate of drug-likeness (QED) is 0.749. The van der Waals surface area contributed by atoms with E-state index in [1.807, 2.05) is 7.05 Å². The van der Waals surface area contributed by atoms with Gasteiger partial charge in [0, 0.05) is 30.3 Å². The SMILES string of the molecule is CNCCc1cn(CCOCC(C)C)c2ccccc12. The fourth-order valence-corrected chi connectivity index (χ4v) is 2.45. The van der Waals surface area contributed by atoms with Gasteiger partial charge in [0.2, 0.25) is 0 Å². The second-order valence-corrected chi connectivity index (χ2v) is 5.69. The molecular formula is C17H26N2O. The van der Waals surface area contributed by atoms with Crippen LogP contribution in [-0.4, -0.2) is 31.4 Å². The second kappa shape index (κ2) is 7.46. The maximum atomic E-state index is 5.71. The van der Waals surface area contributed by atoms with Gasteiger partial charge in [-0.05, 0) is 37.6 Å². The Labute approximate surface area is 121 Å². The van der Waals surface area contributed by atoms with E-state index in [4.69, 9.17) is 4.74 Å². The molecule has 0 radical (unpaired) electrons. The smallest absolute Gasteiger partial charge is 0.0645 e. The van der Waals surface area contributed by atoms with Gasteiger partial charge in [0.15, 0.2) is 0 Å². The van der Waals surface area contributed by atoms with E-state index in [2.05, 4.69) is 54.2 Å². The molecule has 1 heterocycles. The van der Waals surface area contributed by atoms with Crippen LogP contribution in [-0.2, 0) is 17.7 Å². The molecule has 0 unspecified atom stereocenters. The summed E-state index contributed by atoms with van der Waals surface area (Å²) in [6, 6.07) is 8.63. The van der Waals surface area contributed by atoms with E-state index in [0.29, 0.717) is 5.92 Å². The molecular weight excluding hydrogens is 248 g/mol. The summed E-state index contributed by atoms with van der Waals surface area (Å²) in [4.78, 5) is 0. The first-order chi connectivity index (χ1) is 9.72. The number of hydrogen-bond donors (Lipinski definition) is 1. The van der Waals surface area contributed by atoms with Crippen molar-refractivity contribution in [1.29, 1.82) is 0 Å². The highest BCUT2D eigenvalue weighted by Crippen LogP contribution is 2.21. The Morgan fingerprint density at radius 1 is 1.25 bits per heavy atom. The maximum absolute atomic E-state index is 5.71. The third kappa shape index (κ3) is 3.84. The molecule has 2 rings (SSSR count). The average Bonchev–Trinajstić information content (AvgIpc) is 2.80. The molecule has 1 N–H and O–H groups in total. The summed E-state index contributed by atoms with van der Waals surface area (Å²) in [6.07, 6.45) is 3.34. The number of nitrogens with one attached hydrogen (secondary N) is 1. The summed E-state index contributed by atoms with van der Waals surface area (Å²) in [5.41, 5.74) is 2.73. The van der Waals surface area contributed by atoms with Crippen LogP contribution in [0.1, 0.15) is 19.4 Å². The summed E-state index contributed by atoms with van der Waals surface area (Å²) >= 11 is 0. The molecule has 0 saturated carbocycles. The van der Waals surface area contributed by atoms with Crippen LogP contribution in [0.25, 0.3) is 10.9 Å². The van der Waals surface area contributed by atoms with Crippen LogP contribution in [0.4, 0.5) is 0 Å². The first-order valence-corrected chi connectivity index (χ1v) is 7.51. The number of hydrogen-bond acceptors (Lipinski definition) is 2. The lowest BCUT2D eigenvalue weighted by atomic mass is 10.1. The number of rotatable bonds is 8. The standard InChI is InChI=1S/C17H26N2O/c1-14(2)13-20-11-10-19-12-15(8-9-18-3)16-6-4-5-7-17(16)19/h4-7,12,14,18H,8-11,13H2,1-3H3. The molecule has 0 saturated heterocycles. The highest BCUT2D eigenvalue weighted by Gasteiger charge is 2.07. The molecule has 0 aliphatic rings. The molecule has 0 fully saturated rings. The van der Waals surface area contributed by atoms with Gasteiger partial charge in [-0.2, -0.15) is 0 Å². The molecule has 0 bridgehead atoms. The minimum atomic E-state index is 0.600. The van der Waals surface area contributed by atoms with Crippen molar-refractivity contribution < 1.29 is 4.74 Å². The topological polar surface area (TPSA) is 26.2 Å². The van der Waals surface area contributed by atoms with Crippen LogP contribution in [0.2, 0.25) is 0 Å². The van der Waals surface area contributed by atoms with Gasteiger partial charge in [-0.3, -0.25) is 0 Å². The predicted molar refractivity (Wildman–Crippen MR) is 85.2 cm³/mol. The summed E-state index contributed by atoms with van der Waals surface area (Å²) in [5, 5.41) is 4.59. The number of likely N-dealkylation sites (N-methyl/N-ethyl adjacent to an activating group) is 1. The summed E-state index contributed by atoms with van der Waals surface area (Å²) in [6.45, 7) is 7.92. The van der Waals surface area contributed by atoms with Crippen molar-refractivity contribution in [1.82, 2.24) is 9.88 Å². The van der Waals surface area contributed by atoms with Gasteiger partial charge in [-0.25, -0.2) is 0 Å². The number of nitrogens with zero attached hydrogens (tertiary/aromatic N) is 1. The summed E-state index contributed by atoms with van der Waals surface area (Å²) in [5.74, 6) is 0.600. The number of fused-ring (bicyclic) bond motifs is 1. The van der Waals surface area contributed by atoms with E-state index in [1.165, 1.54) is 16.5 Å². The van der Waals surface area contributed by atoms with Crippen molar-refractivity contribution in [2.75, 3.05) is 26.8 Å². The summed E-state index contributed by atoms with van der Waals surface area (Å²) < 4.78 is 8.03. The number of ether oxygens (including phenoxy) is 1. The molecule has 3 nitrogen and oxygen atoms in total. The first-order valence-electron chi connectivity index (χ1n) is 7.51. The largest absolute Gasteiger partial charge is 0.379 e. The van der Waals surface area contributed by atoms with Crippen molar-refractivity contribution in [2.45, 2.75) is 26.8 Å². The van der Waals surface area contributed by atoms with Crippen molar-refractivity contribution in [2.24, 2.45) is 5.92 Å². The molecule has 0 aliphatic heterocycles. The van der Waals surface area contributed by atoms with E-state index >= 15 is 0 Å². The molecule has 1 aromatic carbocycles. The third-order valence-electron chi connectivity index (χ3n) is 3.44. The van der Waals surface area contributed by atoms with Crippen LogP contribution in [0.15, 0.2) is 30.5 Å². The van der Waals surface area contributed by atoms with Crippen LogP contribution >= 0.6 is 0 Å². The molecule has 2 aromatic rings. The Morgan fingerprint density at radius 2 is 2.05 bits per heavy atom. The predicted octanol–water partition coefficient (Wildman–Crippen LogP) is 3.08. The number of benzene rings is 1. The minimum Gasteiger partial charge on any atom is -0.379 e. The lowest BCUT2D eigenvalue weighted by Gasteiger charge is -2.08. The van der Waals surface area contributed by atoms with E-state index in [-0.39, 0.29) is 0 Å². The van der Waals surface area contributed by atoms with E-state index in [0.717, 1.165) is 32.7 Å². The third-order valence-corrected chi connectivity index (χ3v) is 3.44. The number of para-hydroxylation sites is 1. The Kier molecular flexibility index (Phi) is 5.62. The first kappa shape index (κ1) is 15.1.